The first-order valence-corrected chi connectivity index (χ1v) is 6.48. The number of phenols is 1. The number of nitrogens with zero attached hydrogens (tertiary/aromatic N) is 1. The molecule has 2 aromatic rings. The molecule has 0 radical (unpaired) electrons. The Balaban J connectivity index is 1.99. The first kappa shape index (κ1) is 15.4. The van der Waals surface area contributed by atoms with Crippen LogP contribution < -0.4 is 14.9 Å². The molecule has 2 rings (SSSR count). The van der Waals surface area contributed by atoms with Crippen LogP contribution in [0.25, 0.3) is 0 Å². The molecular formula is C16H16N2O4. The third kappa shape index (κ3) is 3.76. The van der Waals surface area contributed by atoms with E-state index in [0.717, 1.165) is 0 Å². The molecule has 0 fully saturated rings. The highest BCUT2D eigenvalue weighted by atomic mass is 16.5. The van der Waals surface area contributed by atoms with Gasteiger partial charge in [-0.25, -0.2) is 5.43 Å². The van der Waals surface area contributed by atoms with Crippen molar-refractivity contribution >= 4 is 12.1 Å². The number of ether oxygens (including phenoxy) is 2. The van der Waals surface area contributed by atoms with E-state index in [2.05, 4.69) is 10.5 Å². The molecule has 0 aliphatic heterocycles. The van der Waals surface area contributed by atoms with Crippen molar-refractivity contribution in [3.63, 3.8) is 0 Å². The summed E-state index contributed by atoms with van der Waals surface area (Å²) in [6.07, 6.45) is 1.43. The van der Waals surface area contributed by atoms with Gasteiger partial charge in [0.2, 0.25) is 0 Å². The smallest absolute Gasteiger partial charge is 0.271 e. The molecule has 0 unspecified atom stereocenters. The SMILES string of the molecule is COc1ccc(C(=O)NN=Cc2ccc(OC)c(O)c2)cc1. The molecule has 6 nitrogen and oxygen atoms in total. The summed E-state index contributed by atoms with van der Waals surface area (Å²) < 4.78 is 9.97. The fourth-order valence-electron chi connectivity index (χ4n) is 1.76. The van der Waals surface area contributed by atoms with Gasteiger partial charge in [-0.05, 0) is 48.0 Å². The number of hydrogen-bond acceptors (Lipinski definition) is 5. The second kappa shape index (κ2) is 7.12. The number of rotatable bonds is 5. The largest absolute Gasteiger partial charge is 0.504 e. The summed E-state index contributed by atoms with van der Waals surface area (Å²) in [5.41, 5.74) is 3.51. The van der Waals surface area contributed by atoms with Crippen LogP contribution in [-0.4, -0.2) is 31.4 Å². The van der Waals surface area contributed by atoms with Crippen molar-refractivity contribution < 1.29 is 19.4 Å². The Morgan fingerprint density at radius 3 is 2.45 bits per heavy atom. The molecule has 1 amide bonds. The van der Waals surface area contributed by atoms with E-state index in [1.54, 1.807) is 43.5 Å². The predicted molar refractivity (Wildman–Crippen MR) is 82.7 cm³/mol. The Kier molecular flexibility index (Phi) is 4.98. The Morgan fingerprint density at radius 2 is 1.86 bits per heavy atom. The van der Waals surface area contributed by atoms with Gasteiger partial charge < -0.3 is 14.6 Å². The van der Waals surface area contributed by atoms with Gasteiger partial charge in [-0.3, -0.25) is 4.79 Å². The lowest BCUT2D eigenvalue weighted by molar-refractivity contribution is 0.0955. The van der Waals surface area contributed by atoms with E-state index in [4.69, 9.17) is 9.47 Å². The Hall–Kier alpha value is -3.02. The molecule has 2 aromatic carbocycles. The van der Waals surface area contributed by atoms with E-state index in [1.165, 1.54) is 19.4 Å². The normalized spacial score (nSPS) is 10.5. The minimum absolute atomic E-state index is 0.00734. The number of hydrogen-bond donors (Lipinski definition) is 2. The van der Waals surface area contributed by atoms with E-state index in [1.807, 2.05) is 0 Å². The molecule has 0 aliphatic carbocycles. The lowest BCUT2D eigenvalue weighted by Crippen LogP contribution is -2.17. The van der Waals surface area contributed by atoms with Crippen LogP contribution in [0.3, 0.4) is 0 Å². The van der Waals surface area contributed by atoms with E-state index >= 15 is 0 Å². The van der Waals surface area contributed by atoms with Gasteiger partial charge in [-0.2, -0.15) is 5.10 Å². The van der Waals surface area contributed by atoms with E-state index in [0.29, 0.717) is 22.6 Å². The topological polar surface area (TPSA) is 80.2 Å². The molecule has 0 bridgehead atoms. The summed E-state index contributed by atoms with van der Waals surface area (Å²) in [6, 6.07) is 11.5. The van der Waals surface area contributed by atoms with Gasteiger partial charge in [0, 0.05) is 5.56 Å². The standard InChI is InChI=1S/C16H16N2O4/c1-21-13-6-4-12(5-7-13)16(20)18-17-10-11-3-8-15(22-2)14(19)9-11/h3-10,19H,1-2H3,(H,18,20). The molecule has 0 saturated carbocycles. The Labute approximate surface area is 128 Å². The van der Waals surface area contributed by atoms with Gasteiger partial charge in [0.25, 0.3) is 5.91 Å². The lowest BCUT2D eigenvalue weighted by Gasteiger charge is -2.03. The third-order valence-electron chi connectivity index (χ3n) is 2.93. The van der Waals surface area contributed by atoms with Crippen molar-refractivity contribution in [2.45, 2.75) is 0 Å². The van der Waals surface area contributed by atoms with Crippen LogP contribution >= 0.6 is 0 Å². The fraction of sp³-hybridized carbons (Fsp3) is 0.125. The monoisotopic (exact) mass is 300 g/mol. The average molecular weight is 300 g/mol. The number of benzene rings is 2. The Bertz CT molecular complexity index is 681. The molecule has 0 atom stereocenters. The first-order chi connectivity index (χ1) is 10.6. The molecule has 114 valence electrons. The first-order valence-electron chi connectivity index (χ1n) is 6.48. The zero-order chi connectivity index (χ0) is 15.9. The fourth-order valence-corrected chi connectivity index (χ4v) is 1.76. The minimum atomic E-state index is -0.336. The van der Waals surface area contributed by atoms with Crippen LogP contribution in [0.4, 0.5) is 0 Å². The molecule has 0 aliphatic rings. The average Bonchev–Trinajstić information content (AvgIpc) is 2.55. The second-order valence-corrected chi connectivity index (χ2v) is 4.36. The molecule has 2 N–H and O–H groups in total. The van der Waals surface area contributed by atoms with Crippen molar-refractivity contribution in [1.29, 1.82) is 0 Å². The summed E-state index contributed by atoms with van der Waals surface area (Å²) in [7, 11) is 3.03. The van der Waals surface area contributed by atoms with Crippen LogP contribution in [0.15, 0.2) is 47.6 Å². The molecule has 22 heavy (non-hydrogen) atoms. The highest BCUT2D eigenvalue weighted by molar-refractivity contribution is 5.95. The number of methoxy groups -OCH3 is 2. The van der Waals surface area contributed by atoms with Crippen molar-refractivity contribution in [2.75, 3.05) is 14.2 Å². The highest BCUT2D eigenvalue weighted by Gasteiger charge is 2.04. The Morgan fingerprint density at radius 1 is 1.14 bits per heavy atom. The number of nitrogens with one attached hydrogen (secondary N) is 1. The third-order valence-corrected chi connectivity index (χ3v) is 2.93. The molecular weight excluding hydrogens is 284 g/mol. The number of amides is 1. The number of phenolic OH excluding ortho intramolecular Hbond substituents is 1. The molecule has 0 heterocycles. The van der Waals surface area contributed by atoms with Gasteiger partial charge in [0.15, 0.2) is 11.5 Å². The summed E-state index contributed by atoms with van der Waals surface area (Å²) >= 11 is 0. The number of aromatic hydroxyl groups is 1. The lowest BCUT2D eigenvalue weighted by atomic mass is 10.2. The van der Waals surface area contributed by atoms with Gasteiger partial charge in [0.05, 0.1) is 20.4 Å². The van der Waals surface area contributed by atoms with Crippen LogP contribution in [0.1, 0.15) is 15.9 Å². The predicted octanol–water partition coefficient (Wildman–Crippen LogP) is 2.17. The summed E-state index contributed by atoms with van der Waals surface area (Å²) in [4.78, 5) is 11.9. The molecule has 0 saturated heterocycles. The maximum atomic E-state index is 11.9. The summed E-state index contributed by atoms with van der Waals surface area (Å²) in [5.74, 6) is 0.720. The van der Waals surface area contributed by atoms with Gasteiger partial charge in [-0.15, -0.1) is 0 Å². The van der Waals surface area contributed by atoms with Gasteiger partial charge in [-0.1, -0.05) is 0 Å². The maximum Gasteiger partial charge on any atom is 0.271 e. The van der Waals surface area contributed by atoms with Crippen LogP contribution in [0.5, 0.6) is 17.2 Å². The van der Waals surface area contributed by atoms with E-state index in [9.17, 15) is 9.90 Å². The summed E-state index contributed by atoms with van der Waals surface area (Å²) in [6.45, 7) is 0. The quantitative estimate of drug-likeness (QED) is 0.655. The molecule has 0 aromatic heterocycles. The summed E-state index contributed by atoms with van der Waals surface area (Å²) in [5, 5.41) is 13.5. The molecule has 0 spiro atoms. The number of carbonyl (C=O) groups excluding carboxylic acids is 1. The van der Waals surface area contributed by atoms with E-state index in [-0.39, 0.29) is 11.7 Å². The van der Waals surface area contributed by atoms with Crippen molar-refractivity contribution in [3.8, 4) is 17.2 Å². The van der Waals surface area contributed by atoms with Gasteiger partial charge in [0.1, 0.15) is 5.75 Å². The van der Waals surface area contributed by atoms with Crippen molar-refractivity contribution in [1.82, 2.24) is 5.43 Å². The molecule has 6 heteroatoms. The van der Waals surface area contributed by atoms with E-state index < -0.39 is 0 Å². The van der Waals surface area contributed by atoms with Crippen LogP contribution in [0.2, 0.25) is 0 Å². The number of hydrazone groups is 1. The zero-order valence-electron chi connectivity index (χ0n) is 12.2. The second-order valence-electron chi connectivity index (χ2n) is 4.36. The minimum Gasteiger partial charge on any atom is -0.504 e. The van der Waals surface area contributed by atoms with Gasteiger partial charge >= 0.3 is 0 Å². The number of carbonyl (C=O) groups is 1. The van der Waals surface area contributed by atoms with Crippen LogP contribution in [-0.2, 0) is 0 Å². The highest BCUT2D eigenvalue weighted by Crippen LogP contribution is 2.25. The van der Waals surface area contributed by atoms with Crippen LogP contribution in [0, 0.1) is 0 Å². The van der Waals surface area contributed by atoms with Crippen molar-refractivity contribution in [2.24, 2.45) is 5.10 Å². The zero-order valence-corrected chi connectivity index (χ0v) is 12.2. The maximum absolute atomic E-state index is 11.9. The van der Waals surface area contributed by atoms with Crippen molar-refractivity contribution in [3.05, 3.63) is 53.6 Å².